The van der Waals surface area contributed by atoms with E-state index < -0.39 is 0 Å². The van der Waals surface area contributed by atoms with E-state index in [1.54, 1.807) is 0 Å². The maximum Gasteiger partial charge on any atom is 0.238 e. The van der Waals surface area contributed by atoms with Crippen LogP contribution in [-0.2, 0) is 0 Å². The lowest BCUT2D eigenvalue weighted by Crippen LogP contribution is -2.06. The molecule has 0 bridgehead atoms. The smallest absolute Gasteiger partial charge is 0.238 e. The first-order chi connectivity index (χ1) is 24.8. The van der Waals surface area contributed by atoms with Crippen LogP contribution < -0.4 is 0 Å². The van der Waals surface area contributed by atoms with Gasteiger partial charge in [-0.1, -0.05) is 140 Å². The Morgan fingerprint density at radius 1 is 0.380 bits per heavy atom. The number of hydrogen-bond acceptors (Lipinski definition) is 4. The third-order valence-electron chi connectivity index (χ3n) is 9.48. The molecule has 0 saturated carbocycles. The molecule has 0 unspecified atom stereocenters. The molecule has 3 aromatic heterocycles. The number of aromatic nitrogens is 4. The highest BCUT2D eigenvalue weighted by molar-refractivity contribution is 6.16. The van der Waals surface area contributed by atoms with Gasteiger partial charge in [0.05, 0.1) is 11.0 Å². The molecular formula is C45H28N4O. The van der Waals surface area contributed by atoms with Crippen LogP contribution in [0.5, 0.6) is 0 Å². The van der Waals surface area contributed by atoms with Crippen molar-refractivity contribution in [2.75, 3.05) is 0 Å². The van der Waals surface area contributed by atoms with Crippen molar-refractivity contribution < 1.29 is 4.42 Å². The van der Waals surface area contributed by atoms with Crippen molar-refractivity contribution in [3.05, 3.63) is 170 Å². The van der Waals surface area contributed by atoms with Crippen LogP contribution in [0.15, 0.2) is 174 Å². The Hall–Kier alpha value is -6.85. The molecular weight excluding hydrogens is 613 g/mol. The van der Waals surface area contributed by atoms with Crippen molar-refractivity contribution in [2.24, 2.45) is 0 Å². The van der Waals surface area contributed by atoms with Crippen LogP contribution >= 0.6 is 0 Å². The summed E-state index contributed by atoms with van der Waals surface area (Å²) in [4.78, 5) is 15.6. The molecule has 5 nitrogen and oxygen atoms in total. The monoisotopic (exact) mass is 640 g/mol. The van der Waals surface area contributed by atoms with Crippen LogP contribution in [0.2, 0.25) is 0 Å². The number of fused-ring (bicyclic) bond motifs is 6. The van der Waals surface area contributed by atoms with E-state index in [-0.39, 0.29) is 0 Å². The normalized spacial score (nSPS) is 11.6. The van der Waals surface area contributed by atoms with Gasteiger partial charge in [-0.25, -0.2) is 4.98 Å². The van der Waals surface area contributed by atoms with Gasteiger partial charge in [0.2, 0.25) is 5.95 Å². The molecule has 0 fully saturated rings. The predicted octanol–water partition coefficient (Wildman–Crippen LogP) is 11.5. The molecule has 0 aliphatic carbocycles. The lowest BCUT2D eigenvalue weighted by atomic mass is 9.99. The molecule has 0 aliphatic rings. The van der Waals surface area contributed by atoms with E-state index in [1.165, 1.54) is 5.56 Å². The highest BCUT2D eigenvalue weighted by atomic mass is 16.3. The lowest BCUT2D eigenvalue weighted by molar-refractivity contribution is 0.669. The Kier molecular flexibility index (Phi) is 6.42. The average Bonchev–Trinajstić information content (AvgIpc) is 3.74. The second-order valence-electron chi connectivity index (χ2n) is 12.4. The van der Waals surface area contributed by atoms with Crippen molar-refractivity contribution >= 4 is 43.7 Å². The SMILES string of the molecule is c1ccc(-c2ccc3oc4cccc(-c5nc(-c6ccccc6)nc(-n6c7ccccc7c7c(-c8ccccc8)cccc76)n5)c4c3c2)cc1. The van der Waals surface area contributed by atoms with E-state index in [0.717, 1.165) is 71.6 Å². The maximum absolute atomic E-state index is 6.42. The summed E-state index contributed by atoms with van der Waals surface area (Å²) in [6, 6.07) is 58.5. The molecule has 10 aromatic rings. The van der Waals surface area contributed by atoms with Crippen molar-refractivity contribution in [3.8, 4) is 51.0 Å². The molecule has 0 N–H and O–H groups in total. The van der Waals surface area contributed by atoms with E-state index in [4.69, 9.17) is 19.4 Å². The Balaban J connectivity index is 1.27. The quantitative estimate of drug-likeness (QED) is 0.188. The number of nitrogens with zero attached hydrogens (tertiary/aromatic N) is 4. The summed E-state index contributed by atoms with van der Waals surface area (Å²) in [6.45, 7) is 0. The van der Waals surface area contributed by atoms with Crippen LogP contribution in [0, 0.1) is 0 Å². The zero-order valence-corrected chi connectivity index (χ0v) is 26.9. The molecule has 0 spiro atoms. The summed E-state index contributed by atoms with van der Waals surface area (Å²) in [6.07, 6.45) is 0. The molecule has 3 heterocycles. The zero-order chi connectivity index (χ0) is 33.0. The second kappa shape index (κ2) is 11.4. The largest absolute Gasteiger partial charge is 0.456 e. The lowest BCUT2D eigenvalue weighted by Gasteiger charge is -2.12. The highest BCUT2D eigenvalue weighted by Gasteiger charge is 2.21. The Morgan fingerprint density at radius 2 is 1.02 bits per heavy atom. The van der Waals surface area contributed by atoms with Crippen LogP contribution in [0.1, 0.15) is 0 Å². The van der Waals surface area contributed by atoms with Gasteiger partial charge in [0, 0.05) is 32.7 Å². The maximum atomic E-state index is 6.42. The number of hydrogen-bond donors (Lipinski definition) is 0. The zero-order valence-electron chi connectivity index (χ0n) is 26.9. The molecule has 5 heteroatoms. The fourth-order valence-corrected chi connectivity index (χ4v) is 7.22. The average molecular weight is 641 g/mol. The first-order valence-corrected chi connectivity index (χ1v) is 16.7. The molecule has 7 aromatic carbocycles. The first-order valence-electron chi connectivity index (χ1n) is 16.7. The predicted molar refractivity (Wildman–Crippen MR) is 203 cm³/mol. The molecule has 0 aliphatic heterocycles. The van der Waals surface area contributed by atoms with Gasteiger partial charge in [-0.2, -0.15) is 9.97 Å². The molecule has 50 heavy (non-hydrogen) atoms. The summed E-state index contributed by atoms with van der Waals surface area (Å²) < 4.78 is 8.59. The molecule has 0 amide bonds. The minimum absolute atomic E-state index is 0.556. The van der Waals surface area contributed by atoms with E-state index in [0.29, 0.717) is 17.6 Å². The molecule has 0 saturated heterocycles. The topological polar surface area (TPSA) is 56.7 Å². The van der Waals surface area contributed by atoms with Gasteiger partial charge in [-0.15, -0.1) is 0 Å². The number of benzene rings is 7. The van der Waals surface area contributed by atoms with Gasteiger partial charge in [0.1, 0.15) is 11.2 Å². The van der Waals surface area contributed by atoms with Crippen molar-refractivity contribution in [1.29, 1.82) is 0 Å². The standard InChI is InChI=1S/C45H28N4O/c1-4-14-29(15-5-1)32-26-27-39-36(28-32)42-35(22-13-25-40(42)50-39)44-46-43(31-18-8-3-9-19-31)47-45(48-44)49-37-23-11-10-20-34(37)41-33(21-12-24-38(41)49)30-16-6-2-7-17-30/h1-28H. The Labute approximate surface area is 287 Å². The number of furan rings is 1. The van der Waals surface area contributed by atoms with Crippen molar-refractivity contribution in [3.63, 3.8) is 0 Å². The third kappa shape index (κ3) is 4.52. The fourth-order valence-electron chi connectivity index (χ4n) is 7.22. The summed E-state index contributed by atoms with van der Waals surface area (Å²) in [5.74, 6) is 1.74. The Bertz CT molecular complexity index is 2860. The van der Waals surface area contributed by atoms with Gasteiger partial charge in [-0.3, -0.25) is 4.57 Å². The molecule has 234 valence electrons. The van der Waals surface area contributed by atoms with E-state index >= 15 is 0 Å². The molecule has 0 atom stereocenters. The van der Waals surface area contributed by atoms with E-state index in [9.17, 15) is 0 Å². The van der Waals surface area contributed by atoms with E-state index in [1.807, 2.05) is 48.5 Å². The Morgan fingerprint density at radius 3 is 1.82 bits per heavy atom. The minimum Gasteiger partial charge on any atom is -0.456 e. The summed E-state index contributed by atoms with van der Waals surface area (Å²) in [5, 5.41) is 4.30. The summed E-state index contributed by atoms with van der Waals surface area (Å²) >= 11 is 0. The van der Waals surface area contributed by atoms with Gasteiger partial charge in [0.15, 0.2) is 11.6 Å². The molecule has 10 rings (SSSR count). The highest BCUT2D eigenvalue weighted by Crippen LogP contribution is 2.40. The van der Waals surface area contributed by atoms with Crippen LogP contribution in [0.25, 0.3) is 94.7 Å². The van der Waals surface area contributed by atoms with Crippen molar-refractivity contribution in [1.82, 2.24) is 19.5 Å². The van der Waals surface area contributed by atoms with Gasteiger partial charge < -0.3 is 4.42 Å². The fraction of sp³-hybridized carbons (Fsp3) is 0. The van der Waals surface area contributed by atoms with Crippen molar-refractivity contribution in [2.45, 2.75) is 0 Å². The van der Waals surface area contributed by atoms with Crippen LogP contribution in [0.3, 0.4) is 0 Å². The van der Waals surface area contributed by atoms with Crippen LogP contribution in [0.4, 0.5) is 0 Å². The van der Waals surface area contributed by atoms with E-state index in [2.05, 4.69) is 126 Å². The second-order valence-corrected chi connectivity index (χ2v) is 12.4. The summed E-state index contributed by atoms with van der Waals surface area (Å²) in [7, 11) is 0. The number of para-hydroxylation sites is 1. The van der Waals surface area contributed by atoms with Gasteiger partial charge in [0.25, 0.3) is 0 Å². The van der Waals surface area contributed by atoms with Gasteiger partial charge >= 0.3 is 0 Å². The number of rotatable bonds is 5. The minimum atomic E-state index is 0.556. The molecule has 0 radical (unpaired) electrons. The first kappa shape index (κ1) is 28.2. The van der Waals surface area contributed by atoms with Gasteiger partial charge in [-0.05, 0) is 52.6 Å². The third-order valence-corrected chi connectivity index (χ3v) is 9.48. The van der Waals surface area contributed by atoms with Crippen LogP contribution in [-0.4, -0.2) is 19.5 Å². The summed E-state index contributed by atoms with van der Waals surface area (Å²) in [5.41, 5.74) is 10.1.